The van der Waals surface area contributed by atoms with Crippen LogP contribution >= 0.6 is 11.3 Å². The molecule has 0 atom stereocenters. The van der Waals surface area contributed by atoms with Gasteiger partial charge in [-0.15, -0.1) is 17.9 Å². The van der Waals surface area contributed by atoms with Gasteiger partial charge in [-0.2, -0.15) is 0 Å². The van der Waals surface area contributed by atoms with Crippen molar-refractivity contribution in [2.24, 2.45) is 0 Å². The van der Waals surface area contributed by atoms with Crippen molar-refractivity contribution in [3.8, 4) is 0 Å². The lowest BCUT2D eigenvalue weighted by Crippen LogP contribution is -2.12. The van der Waals surface area contributed by atoms with Gasteiger partial charge in [0.25, 0.3) is 0 Å². The molecule has 1 heterocycles. The fourth-order valence-corrected chi connectivity index (χ4v) is 1.31. The molecule has 0 spiro atoms. The zero-order chi connectivity index (χ0) is 7.94. The molecule has 11 heavy (non-hydrogen) atoms. The van der Waals surface area contributed by atoms with E-state index in [2.05, 4.69) is 16.9 Å². The first-order valence-electron chi connectivity index (χ1n) is 3.62. The molecule has 1 aromatic rings. The van der Waals surface area contributed by atoms with Crippen LogP contribution in [0.3, 0.4) is 0 Å². The van der Waals surface area contributed by atoms with Crippen molar-refractivity contribution in [1.82, 2.24) is 10.3 Å². The van der Waals surface area contributed by atoms with Crippen molar-refractivity contribution >= 4 is 11.3 Å². The number of hydrogen-bond acceptors (Lipinski definition) is 3. The first kappa shape index (κ1) is 8.43. The molecule has 1 aromatic heterocycles. The van der Waals surface area contributed by atoms with E-state index < -0.39 is 0 Å². The number of thiazole rings is 1. The minimum absolute atomic E-state index is 0.929. The van der Waals surface area contributed by atoms with E-state index in [0.717, 1.165) is 19.5 Å². The molecule has 1 N–H and O–H groups in total. The molecule has 2 nitrogen and oxygen atoms in total. The van der Waals surface area contributed by atoms with Crippen molar-refractivity contribution in [2.45, 2.75) is 13.0 Å². The highest BCUT2D eigenvalue weighted by atomic mass is 32.1. The van der Waals surface area contributed by atoms with Gasteiger partial charge in [-0.1, -0.05) is 6.08 Å². The van der Waals surface area contributed by atoms with Gasteiger partial charge in [-0.3, -0.25) is 4.98 Å². The summed E-state index contributed by atoms with van der Waals surface area (Å²) in [5.41, 5.74) is 1.85. The van der Waals surface area contributed by atoms with E-state index in [1.807, 2.05) is 17.8 Å². The SMILES string of the molecule is C=CCCNCc1cncs1. The van der Waals surface area contributed by atoms with Crippen LogP contribution in [0.2, 0.25) is 0 Å². The van der Waals surface area contributed by atoms with Gasteiger partial charge in [-0.25, -0.2) is 0 Å². The van der Waals surface area contributed by atoms with Crippen LogP contribution in [0.15, 0.2) is 24.4 Å². The Morgan fingerprint density at radius 2 is 2.64 bits per heavy atom. The Labute approximate surface area is 71.0 Å². The summed E-state index contributed by atoms with van der Waals surface area (Å²) in [5.74, 6) is 0. The maximum absolute atomic E-state index is 3.98. The third-order valence-corrected chi connectivity index (χ3v) is 2.09. The Morgan fingerprint density at radius 1 is 1.73 bits per heavy atom. The van der Waals surface area contributed by atoms with E-state index in [4.69, 9.17) is 0 Å². The Hall–Kier alpha value is -0.670. The monoisotopic (exact) mass is 168 g/mol. The van der Waals surface area contributed by atoms with E-state index >= 15 is 0 Å². The molecule has 1 rings (SSSR count). The summed E-state index contributed by atoms with van der Waals surface area (Å²) in [6, 6.07) is 0. The van der Waals surface area contributed by atoms with Crippen LogP contribution in [-0.4, -0.2) is 11.5 Å². The van der Waals surface area contributed by atoms with Crippen molar-refractivity contribution in [3.05, 3.63) is 29.2 Å². The highest BCUT2D eigenvalue weighted by Crippen LogP contribution is 2.03. The smallest absolute Gasteiger partial charge is 0.0794 e. The summed E-state index contributed by atoms with van der Waals surface area (Å²) in [4.78, 5) is 5.27. The second-order valence-corrected chi connectivity index (χ2v) is 3.19. The average molecular weight is 168 g/mol. The Kier molecular flexibility index (Phi) is 3.86. The van der Waals surface area contributed by atoms with Gasteiger partial charge in [0, 0.05) is 17.6 Å². The van der Waals surface area contributed by atoms with Crippen molar-refractivity contribution in [1.29, 1.82) is 0 Å². The quantitative estimate of drug-likeness (QED) is 0.536. The summed E-state index contributed by atoms with van der Waals surface area (Å²) in [5, 5.41) is 3.29. The van der Waals surface area contributed by atoms with Crippen LogP contribution in [0.5, 0.6) is 0 Å². The second kappa shape index (κ2) is 5.04. The maximum atomic E-state index is 3.98. The zero-order valence-corrected chi connectivity index (χ0v) is 7.23. The minimum atomic E-state index is 0.929. The van der Waals surface area contributed by atoms with E-state index in [0.29, 0.717) is 0 Å². The Balaban J connectivity index is 2.09. The molecule has 0 fully saturated rings. The van der Waals surface area contributed by atoms with E-state index in [-0.39, 0.29) is 0 Å². The number of aromatic nitrogens is 1. The fourth-order valence-electron chi connectivity index (χ4n) is 0.745. The van der Waals surface area contributed by atoms with E-state index in [1.54, 1.807) is 11.3 Å². The van der Waals surface area contributed by atoms with Gasteiger partial charge in [0.05, 0.1) is 5.51 Å². The van der Waals surface area contributed by atoms with E-state index in [1.165, 1.54) is 4.88 Å². The summed E-state index contributed by atoms with van der Waals surface area (Å²) in [6.07, 6.45) is 4.84. The fraction of sp³-hybridized carbons (Fsp3) is 0.375. The third kappa shape index (κ3) is 3.30. The summed E-state index contributed by atoms with van der Waals surface area (Å²) < 4.78 is 0. The molecule has 0 bridgehead atoms. The van der Waals surface area contributed by atoms with E-state index in [9.17, 15) is 0 Å². The standard InChI is InChI=1S/C8H12N2S/c1-2-3-4-9-5-8-6-10-7-11-8/h2,6-7,9H,1,3-5H2. The first-order chi connectivity index (χ1) is 5.43. The van der Waals surface area contributed by atoms with Crippen LogP contribution in [0, 0.1) is 0 Å². The lowest BCUT2D eigenvalue weighted by atomic mass is 10.4. The molecule has 3 heteroatoms. The van der Waals surface area contributed by atoms with Gasteiger partial charge < -0.3 is 5.32 Å². The normalized spacial score (nSPS) is 9.82. The molecule has 60 valence electrons. The van der Waals surface area contributed by atoms with Crippen molar-refractivity contribution < 1.29 is 0 Å². The minimum Gasteiger partial charge on any atom is -0.311 e. The molecular formula is C8H12N2S. The lowest BCUT2D eigenvalue weighted by molar-refractivity contribution is 0.702. The maximum Gasteiger partial charge on any atom is 0.0794 e. The largest absolute Gasteiger partial charge is 0.311 e. The van der Waals surface area contributed by atoms with Gasteiger partial charge in [0.2, 0.25) is 0 Å². The number of rotatable bonds is 5. The summed E-state index contributed by atoms with van der Waals surface area (Å²) >= 11 is 1.68. The van der Waals surface area contributed by atoms with Crippen LogP contribution in [0.1, 0.15) is 11.3 Å². The molecule has 0 amide bonds. The Morgan fingerprint density at radius 3 is 3.27 bits per heavy atom. The topological polar surface area (TPSA) is 24.9 Å². The lowest BCUT2D eigenvalue weighted by Gasteiger charge is -1.97. The third-order valence-electron chi connectivity index (χ3n) is 1.31. The molecule has 0 saturated heterocycles. The van der Waals surface area contributed by atoms with Crippen molar-refractivity contribution in [2.75, 3.05) is 6.54 Å². The first-order valence-corrected chi connectivity index (χ1v) is 4.50. The van der Waals surface area contributed by atoms with Crippen LogP contribution < -0.4 is 5.32 Å². The van der Waals surface area contributed by atoms with Crippen LogP contribution in [0.4, 0.5) is 0 Å². The number of hydrogen-bond donors (Lipinski definition) is 1. The molecule has 0 aliphatic carbocycles. The van der Waals surface area contributed by atoms with Crippen molar-refractivity contribution in [3.63, 3.8) is 0 Å². The zero-order valence-electron chi connectivity index (χ0n) is 6.42. The molecule has 0 aromatic carbocycles. The average Bonchev–Trinajstić information content (AvgIpc) is 2.50. The molecule has 0 saturated carbocycles. The highest BCUT2D eigenvalue weighted by Gasteiger charge is 1.91. The number of nitrogens with zero attached hydrogens (tertiary/aromatic N) is 1. The Bertz CT molecular complexity index is 194. The van der Waals surface area contributed by atoms with Crippen LogP contribution in [-0.2, 0) is 6.54 Å². The van der Waals surface area contributed by atoms with Crippen LogP contribution in [0.25, 0.3) is 0 Å². The molecule has 0 aliphatic rings. The van der Waals surface area contributed by atoms with Gasteiger partial charge in [-0.05, 0) is 13.0 Å². The van der Waals surface area contributed by atoms with Gasteiger partial charge in [0.15, 0.2) is 0 Å². The summed E-state index contributed by atoms with van der Waals surface area (Å²) in [6.45, 7) is 5.58. The predicted octanol–water partition coefficient (Wildman–Crippen LogP) is 1.81. The molecule has 0 radical (unpaired) electrons. The van der Waals surface area contributed by atoms with Gasteiger partial charge in [0.1, 0.15) is 0 Å². The predicted molar refractivity (Wildman–Crippen MR) is 48.6 cm³/mol. The molecular weight excluding hydrogens is 156 g/mol. The summed E-state index contributed by atoms with van der Waals surface area (Å²) in [7, 11) is 0. The highest BCUT2D eigenvalue weighted by molar-refractivity contribution is 7.09. The molecule has 0 unspecified atom stereocenters. The number of nitrogens with one attached hydrogen (secondary N) is 1. The van der Waals surface area contributed by atoms with Gasteiger partial charge >= 0.3 is 0 Å². The molecule has 0 aliphatic heterocycles. The second-order valence-electron chi connectivity index (χ2n) is 2.22.